The number of rotatable bonds is 3. The molecule has 2 aromatic rings. The summed E-state index contributed by atoms with van der Waals surface area (Å²) in [5.74, 6) is -0.243. The third-order valence-corrected chi connectivity index (χ3v) is 2.37. The van der Waals surface area contributed by atoms with E-state index in [9.17, 15) is 9.90 Å². The van der Waals surface area contributed by atoms with Crippen molar-refractivity contribution in [2.75, 3.05) is 14.2 Å². The lowest BCUT2D eigenvalue weighted by Gasteiger charge is -2.03. The molecule has 2 rings (SSSR count). The first-order valence-electron chi connectivity index (χ1n) is 5.08. The third-order valence-electron chi connectivity index (χ3n) is 2.37. The van der Waals surface area contributed by atoms with E-state index in [0.717, 1.165) is 0 Å². The minimum Gasteiger partial charge on any atom is -0.504 e. The van der Waals surface area contributed by atoms with Gasteiger partial charge in [0.15, 0.2) is 11.5 Å². The lowest BCUT2D eigenvalue weighted by Crippen LogP contribution is -1.98. The van der Waals surface area contributed by atoms with Gasteiger partial charge in [-0.15, -0.1) is 0 Å². The summed E-state index contributed by atoms with van der Waals surface area (Å²) in [4.78, 5) is 11.2. The number of benzene rings is 1. The number of aromatic nitrogens is 1. The molecular weight excluding hydrogens is 238 g/mol. The molecule has 18 heavy (non-hydrogen) atoms. The molecule has 94 valence electrons. The quantitative estimate of drug-likeness (QED) is 0.836. The van der Waals surface area contributed by atoms with Crippen molar-refractivity contribution in [2.45, 2.75) is 0 Å². The topological polar surface area (TPSA) is 81.8 Å². The van der Waals surface area contributed by atoms with Crippen LogP contribution < -0.4 is 4.74 Å². The van der Waals surface area contributed by atoms with Crippen LogP contribution in [-0.2, 0) is 4.74 Å². The fraction of sp³-hybridized carbons (Fsp3) is 0.167. The number of carbonyl (C=O) groups excluding carboxylic acids is 1. The summed E-state index contributed by atoms with van der Waals surface area (Å²) in [5.41, 5.74) is 1.11. The van der Waals surface area contributed by atoms with Crippen molar-refractivity contribution in [1.29, 1.82) is 0 Å². The summed E-state index contributed by atoms with van der Waals surface area (Å²) in [5, 5.41) is 13.2. The minimum absolute atomic E-state index is 0.0135. The van der Waals surface area contributed by atoms with Crippen molar-refractivity contribution >= 4 is 5.97 Å². The molecule has 0 saturated heterocycles. The Kier molecular flexibility index (Phi) is 3.18. The molecule has 0 aliphatic carbocycles. The Hall–Kier alpha value is -2.50. The number of phenols is 1. The number of phenolic OH excluding ortho intramolecular Hbond substituents is 1. The van der Waals surface area contributed by atoms with Crippen molar-refractivity contribution in [3.8, 4) is 22.8 Å². The zero-order valence-electron chi connectivity index (χ0n) is 9.84. The molecule has 0 aliphatic rings. The smallest absolute Gasteiger partial charge is 0.376 e. The van der Waals surface area contributed by atoms with Crippen molar-refractivity contribution in [3.05, 3.63) is 30.0 Å². The minimum atomic E-state index is -0.598. The third kappa shape index (κ3) is 2.13. The van der Waals surface area contributed by atoms with E-state index in [1.807, 2.05) is 0 Å². The molecular formula is C12H11NO5. The summed E-state index contributed by atoms with van der Waals surface area (Å²) in [6.45, 7) is 0. The first-order valence-corrected chi connectivity index (χ1v) is 5.08. The van der Waals surface area contributed by atoms with E-state index in [0.29, 0.717) is 17.0 Å². The van der Waals surface area contributed by atoms with Crippen LogP contribution in [0.3, 0.4) is 0 Å². The molecule has 0 bridgehead atoms. The molecule has 1 N–H and O–H groups in total. The van der Waals surface area contributed by atoms with Gasteiger partial charge in [0.2, 0.25) is 5.76 Å². The Balaban J connectivity index is 2.37. The number of nitrogens with zero attached hydrogens (tertiary/aromatic N) is 1. The van der Waals surface area contributed by atoms with E-state index in [-0.39, 0.29) is 11.5 Å². The van der Waals surface area contributed by atoms with E-state index in [1.54, 1.807) is 12.1 Å². The van der Waals surface area contributed by atoms with Crippen LogP contribution in [0.4, 0.5) is 0 Å². The number of esters is 1. The highest BCUT2D eigenvalue weighted by Gasteiger charge is 2.15. The number of methoxy groups -OCH3 is 2. The molecule has 6 heteroatoms. The van der Waals surface area contributed by atoms with Crippen LogP contribution in [0.2, 0.25) is 0 Å². The average Bonchev–Trinajstić information content (AvgIpc) is 2.88. The second-order valence-electron chi connectivity index (χ2n) is 3.45. The van der Waals surface area contributed by atoms with Crippen LogP contribution in [0, 0.1) is 0 Å². The predicted molar refractivity (Wildman–Crippen MR) is 61.5 cm³/mol. The Morgan fingerprint density at radius 3 is 2.78 bits per heavy atom. The van der Waals surface area contributed by atoms with Gasteiger partial charge in [0.1, 0.15) is 5.69 Å². The summed E-state index contributed by atoms with van der Waals surface area (Å²) in [6.07, 6.45) is 0. The summed E-state index contributed by atoms with van der Waals surface area (Å²) in [6, 6.07) is 6.16. The molecule has 1 heterocycles. The maximum absolute atomic E-state index is 11.2. The van der Waals surface area contributed by atoms with Crippen LogP contribution in [0.5, 0.6) is 11.5 Å². The molecule has 0 saturated carbocycles. The predicted octanol–water partition coefficient (Wildman–Crippen LogP) is 1.84. The summed E-state index contributed by atoms with van der Waals surface area (Å²) < 4.78 is 14.3. The fourth-order valence-electron chi connectivity index (χ4n) is 1.45. The van der Waals surface area contributed by atoms with Crippen LogP contribution in [-0.4, -0.2) is 30.5 Å². The van der Waals surface area contributed by atoms with Crippen LogP contribution in [0.1, 0.15) is 10.6 Å². The number of aromatic hydroxyl groups is 1. The maximum Gasteiger partial charge on any atom is 0.376 e. The second kappa shape index (κ2) is 4.79. The molecule has 1 aromatic heterocycles. The standard InChI is InChI=1S/C12H11NO5/c1-16-10-5-7(3-4-9(10)14)8-6-11(18-13-8)12(15)17-2/h3-6,14H,1-2H3. The zero-order valence-corrected chi connectivity index (χ0v) is 9.84. The van der Waals surface area contributed by atoms with Gasteiger partial charge in [-0.2, -0.15) is 0 Å². The molecule has 0 aliphatic heterocycles. The van der Waals surface area contributed by atoms with Gasteiger partial charge in [-0.05, 0) is 18.2 Å². The molecule has 0 atom stereocenters. The van der Waals surface area contributed by atoms with E-state index in [1.165, 1.54) is 26.4 Å². The van der Waals surface area contributed by atoms with Gasteiger partial charge < -0.3 is 19.1 Å². The lowest BCUT2D eigenvalue weighted by molar-refractivity contribution is 0.0554. The Morgan fingerprint density at radius 1 is 1.33 bits per heavy atom. The van der Waals surface area contributed by atoms with Gasteiger partial charge in [-0.25, -0.2) is 4.79 Å². The Morgan fingerprint density at radius 2 is 2.11 bits per heavy atom. The highest BCUT2D eigenvalue weighted by atomic mass is 16.5. The van der Waals surface area contributed by atoms with Crippen LogP contribution >= 0.6 is 0 Å². The van der Waals surface area contributed by atoms with E-state index in [4.69, 9.17) is 9.26 Å². The van der Waals surface area contributed by atoms with Gasteiger partial charge in [-0.1, -0.05) is 5.16 Å². The van der Waals surface area contributed by atoms with Crippen LogP contribution in [0.25, 0.3) is 11.3 Å². The molecule has 6 nitrogen and oxygen atoms in total. The number of hydrogen-bond donors (Lipinski definition) is 1. The average molecular weight is 249 g/mol. The zero-order chi connectivity index (χ0) is 13.1. The van der Waals surface area contributed by atoms with Gasteiger partial charge in [0.25, 0.3) is 0 Å². The maximum atomic E-state index is 11.2. The monoisotopic (exact) mass is 249 g/mol. The molecule has 0 amide bonds. The summed E-state index contributed by atoms with van der Waals surface area (Å²) >= 11 is 0. The first-order chi connectivity index (χ1) is 8.65. The number of ether oxygens (including phenoxy) is 2. The largest absolute Gasteiger partial charge is 0.504 e. The van der Waals surface area contributed by atoms with Crippen molar-refractivity contribution in [2.24, 2.45) is 0 Å². The van der Waals surface area contributed by atoms with Crippen molar-refractivity contribution < 1.29 is 23.9 Å². The fourth-order valence-corrected chi connectivity index (χ4v) is 1.45. The molecule has 0 unspecified atom stereocenters. The van der Waals surface area contributed by atoms with Gasteiger partial charge >= 0.3 is 5.97 Å². The molecule has 0 spiro atoms. The van der Waals surface area contributed by atoms with Gasteiger partial charge in [-0.3, -0.25) is 0 Å². The molecule has 0 fully saturated rings. The van der Waals surface area contributed by atoms with E-state index in [2.05, 4.69) is 9.89 Å². The van der Waals surface area contributed by atoms with E-state index < -0.39 is 5.97 Å². The molecule has 0 radical (unpaired) electrons. The Labute approximate surface area is 103 Å². The first kappa shape index (κ1) is 12.0. The van der Waals surface area contributed by atoms with Crippen molar-refractivity contribution in [1.82, 2.24) is 5.16 Å². The number of hydrogen-bond acceptors (Lipinski definition) is 6. The lowest BCUT2D eigenvalue weighted by atomic mass is 10.1. The van der Waals surface area contributed by atoms with Gasteiger partial charge in [0.05, 0.1) is 14.2 Å². The highest BCUT2D eigenvalue weighted by molar-refractivity contribution is 5.87. The second-order valence-corrected chi connectivity index (χ2v) is 3.45. The highest BCUT2D eigenvalue weighted by Crippen LogP contribution is 2.31. The summed E-state index contributed by atoms with van der Waals surface area (Å²) in [7, 11) is 2.70. The Bertz CT molecular complexity index is 576. The normalized spacial score (nSPS) is 10.1. The molecule has 1 aromatic carbocycles. The SMILES string of the molecule is COC(=O)c1cc(-c2ccc(O)c(OC)c2)no1. The van der Waals surface area contributed by atoms with Crippen molar-refractivity contribution in [3.63, 3.8) is 0 Å². The van der Waals surface area contributed by atoms with E-state index >= 15 is 0 Å². The number of carbonyl (C=O) groups is 1. The van der Waals surface area contributed by atoms with Gasteiger partial charge in [0, 0.05) is 11.6 Å². The van der Waals surface area contributed by atoms with Crippen LogP contribution in [0.15, 0.2) is 28.8 Å².